The van der Waals surface area contributed by atoms with Crippen molar-refractivity contribution in [3.05, 3.63) is 11.8 Å². The van der Waals surface area contributed by atoms with Crippen LogP contribution in [-0.2, 0) is 6.18 Å². The molecular formula is C13H19F3N4S. The second-order valence-electron chi connectivity index (χ2n) is 5.49. The number of aromatic nitrogens is 2. The lowest BCUT2D eigenvalue weighted by Gasteiger charge is -2.38. The fourth-order valence-corrected chi connectivity index (χ4v) is 3.30. The first-order chi connectivity index (χ1) is 9.71. The van der Waals surface area contributed by atoms with Crippen molar-refractivity contribution in [1.29, 1.82) is 0 Å². The maximum atomic E-state index is 13.0. The van der Waals surface area contributed by atoms with Crippen molar-refractivity contribution in [2.24, 2.45) is 0 Å². The number of halogens is 3. The third-order valence-corrected chi connectivity index (χ3v) is 4.38. The van der Waals surface area contributed by atoms with Gasteiger partial charge in [0.15, 0.2) is 5.69 Å². The van der Waals surface area contributed by atoms with E-state index in [2.05, 4.69) is 29.1 Å². The molecule has 118 valence electrons. The summed E-state index contributed by atoms with van der Waals surface area (Å²) in [6.45, 7) is 7.79. The minimum absolute atomic E-state index is 0.0000555. The molecule has 1 aliphatic rings. The van der Waals surface area contributed by atoms with Crippen molar-refractivity contribution < 1.29 is 13.2 Å². The summed E-state index contributed by atoms with van der Waals surface area (Å²) in [5.41, 5.74) is -0.903. The molecule has 1 saturated heterocycles. The molecule has 0 radical (unpaired) electrons. The van der Waals surface area contributed by atoms with Gasteiger partial charge in [-0.2, -0.15) is 29.9 Å². The average Bonchev–Trinajstić information content (AvgIpc) is 2.36. The van der Waals surface area contributed by atoms with E-state index in [1.54, 1.807) is 6.92 Å². The van der Waals surface area contributed by atoms with E-state index in [4.69, 9.17) is 0 Å². The maximum Gasteiger partial charge on any atom is 0.433 e. The molecule has 0 bridgehead atoms. The average molecular weight is 320 g/mol. The summed E-state index contributed by atoms with van der Waals surface area (Å²) in [6, 6.07) is 1.03. The van der Waals surface area contributed by atoms with Crippen LogP contribution in [0.3, 0.4) is 0 Å². The summed E-state index contributed by atoms with van der Waals surface area (Å²) in [6.07, 6.45) is -4.47. The Hall–Kier alpha value is -1.18. The summed E-state index contributed by atoms with van der Waals surface area (Å²) >= 11 is 1.82. The Kier molecular flexibility index (Phi) is 4.55. The van der Waals surface area contributed by atoms with Crippen LogP contribution in [0.1, 0.15) is 26.5 Å². The fourth-order valence-electron chi connectivity index (χ4n) is 2.19. The van der Waals surface area contributed by atoms with Gasteiger partial charge in [0, 0.05) is 36.2 Å². The molecule has 1 aliphatic heterocycles. The summed E-state index contributed by atoms with van der Waals surface area (Å²) in [5.74, 6) is 1.23. The van der Waals surface area contributed by atoms with Crippen LogP contribution in [0, 0.1) is 0 Å². The molecule has 2 rings (SSSR count). The number of thioether (sulfide) groups is 1. The van der Waals surface area contributed by atoms with Crippen LogP contribution < -0.4 is 10.2 Å². The van der Waals surface area contributed by atoms with Gasteiger partial charge in [0.1, 0.15) is 5.82 Å². The Bertz CT molecular complexity index is 505. The third kappa shape index (κ3) is 4.15. The van der Waals surface area contributed by atoms with Gasteiger partial charge >= 0.3 is 6.18 Å². The Morgan fingerprint density at radius 1 is 1.38 bits per heavy atom. The number of nitrogens with one attached hydrogen (secondary N) is 1. The molecule has 4 nitrogen and oxygen atoms in total. The highest BCUT2D eigenvalue weighted by molar-refractivity contribution is 8.00. The molecular weight excluding hydrogens is 301 g/mol. The smallest absolute Gasteiger partial charge is 0.354 e. The van der Waals surface area contributed by atoms with Crippen LogP contribution in [-0.4, -0.2) is 40.1 Å². The van der Waals surface area contributed by atoms with E-state index in [9.17, 15) is 13.2 Å². The van der Waals surface area contributed by atoms with Gasteiger partial charge < -0.3 is 10.2 Å². The Morgan fingerprint density at radius 3 is 2.67 bits per heavy atom. The summed E-state index contributed by atoms with van der Waals surface area (Å²) in [5, 5.41) is 2.77. The summed E-state index contributed by atoms with van der Waals surface area (Å²) in [4.78, 5) is 9.66. The van der Waals surface area contributed by atoms with Crippen molar-refractivity contribution in [3.63, 3.8) is 0 Å². The van der Waals surface area contributed by atoms with Gasteiger partial charge in [0.2, 0.25) is 5.95 Å². The molecule has 8 heteroatoms. The van der Waals surface area contributed by atoms with E-state index in [0.29, 0.717) is 25.5 Å². The van der Waals surface area contributed by atoms with E-state index < -0.39 is 11.9 Å². The highest BCUT2D eigenvalue weighted by Gasteiger charge is 2.35. The molecule has 0 amide bonds. The fraction of sp³-hybridized carbons (Fsp3) is 0.692. The van der Waals surface area contributed by atoms with E-state index in [0.717, 1.165) is 11.8 Å². The van der Waals surface area contributed by atoms with Crippen molar-refractivity contribution in [1.82, 2.24) is 9.97 Å². The van der Waals surface area contributed by atoms with Crippen molar-refractivity contribution in [2.45, 2.75) is 31.7 Å². The lowest BCUT2D eigenvalue weighted by atomic mass is 10.2. The summed E-state index contributed by atoms with van der Waals surface area (Å²) < 4.78 is 38.9. The second-order valence-corrected chi connectivity index (χ2v) is 7.29. The van der Waals surface area contributed by atoms with E-state index in [-0.39, 0.29) is 10.7 Å². The van der Waals surface area contributed by atoms with Crippen LogP contribution in [0.5, 0.6) is 0 Å². The molecule has 1 fully saturated rings. The highest BCUT2D eigenvalue weighted by Crippen LogP contribution is 2.34. The van der Waals surface area contributed by atoms with Gasteiger partial charge in [-0.15, -0.1) is 0 Å². The third-order valence-electron chi connectivity index (χ3n) is 3.09. The van der Waals surface area contributed by atoms with Crippen LogP contribution in [0.4, 0.5) is 24.9 Å². The van der Waals surface area contributed by atoms with Gasteiger partial charge in [0.05, 0.1) is 0 Å². The molecule has 0 saturated carbocycles. The number of nitrogens with zero attached hydrogens (tertiary/aromatic N) is 3. The van der Waals surface area contributed by atoms with E-state index >= 15 is 0 Å². The van der Waals surface area contributed by atoms with Crippen LogP contribution in [0.2, 0.25) is 0 Å². The van der Waals surface area contributed by atoms with E-state index in [1.807, 2.05) is 16.7 Å². The highest BCUT2D eigenvalue weighted by atomic mass is 32.2. The minimum atomic E-state index is -4.47. The number of rotatable bonds is 3. The van der Waals surface area contributed by atoms with E-state index in [1.165, 1.54) is 0 Å². The number of hydrogen-bond donors (Lipinski definition) is 1. The monoisotopic (exact) mass is 320 g/mol. The molecule has 0 aliphatic carbocycles. The standard InChI is InChI=1S/C13H19F3N4S/c1-4-17-11-18-9(13(14,15)16)7-10(19-11)20-5-6-21-12(2,3)8-20/h7H,4-6,8H2,1-3H3,(H,17,18,19). The zero-order chi connectivity index (χ0) is 15.7. The van der Waals surface area contributed by atoms with Gasteiger partial charge in [-0.1, -0.05) is 0 Å². The first-order valence-electron chi connectivity index (χ1n) is 6.80. The molecule has 0 atom stereocenters. The van der Waals surface area contributed by atoms with Crippen LogP contribution >= 0.6 is 11.8 Å². The van der Waals surface area contributed by atoms with Crippen molar-refractivity contribution >= 4 is 23.5 Å². The number of alkyl halides is 3. The van der Waals surface area contributed by atoms with Crippen molar-refractivity contribution in [3.8, 4) is 0 Å². The lowest BCUT2D eigenvalue weighted by molar-refractivity contribution is -0.141. The van der Waals surface area contributed by atoms with Crippen LogP contribution in [0.25, 0.3) is 0 Å². The Labute approximate surface area is 126 Å². The van der Waals surface area contributed by atoms with Gasteiger partial charge in [0.25, 0.3) is 0 Å². The van der Waals surface area contributed by atoms with Gasteiger partial charge in [-0.05, 0) is 20.8 Å². The Morgan fingerprint density at radius 2 is 2.10 bits per heavy atom. The first kappa shape index (κ1) is 16.2. The molecule has 2 heterocycles. The molecule has 1 aromatic heterocycles. The Balaban J connectivity index is 2.35. The zero-order valence-corrected chi connectivity index (χ0v) is 13.1. The number of anilines is 2. The largest absolute Gasteiger partial charge is 0.433 e. The van der Waals surface area contributed by atoms with Crippen LogP contribution in [0.15, 0.2) is 6.07 Å². The summed E-state index contributed by atoms with van der Waals surface area (Å²) in [7, 11) is 0. The maximum absolute atomic E-state index is 13.0. The quantitative estimate of drug-likeness (QED) is 0.926. The molecule has 0 spiro atoms. The topological polar surface area (TPSA) is 41.1 Å². The van der Waals surface area contributed by atoms with Gasteiger partial charge in [-0.25, -0.2) is 4.98 Å². The molecule has 1 aromatic rings. The molecule has 21 heavy (non-hydrogen) atoms. The second kappa shape index (κ2) is 5.90. The van der Waals surface area contributed by atoms with Gasteiger partial charge in [-0.3, -0.25) is 0 Å². The number of hydrogen-bond acceptors (Lipinski definition) is 5. The molecule has 0 aromatic carbocycles. The predicted octanol–water partition coefficient (Wildman–Crippen LogP) is 3.26. The molecule has 1 N–H and O–H groups in total. The molecule has 0 unspecified atom stereocenters. The zero-order valence-electron chi connectivity index (χ0n) is 12.3. The normalized spacial score (nSPS) is 18.7. The lowest BCUT2D eigenvalue weighted by Crippen LogP contribution is -2.43. The first-order valence-corrected chi connectivity index (χ1v) is 7.79. The SMILES string of the molecule is CCNc1nc(N2CCSC(C)(C)C2)cc(C(F)(F)F)n1. The predicted molar refractivity (Wildman–Crippen MR) is 79.9 cm³/mol. The minimum Gasteiger partial charge on any atom is -0.354 e. The van der Waals surface area contributed by atoms with Crippen molar-refractivity contribution in [2.75, 3.05) is 35.6 Å².